The van der Waals surface area contributed by atoms with Gasteiger partial charge in [-0.1, -0.05) is 0 Å². The molecule has 16 heavy (non-hydrogen) atoms. The second-order valence-electron chi connectivity index (χ2n) is 4.74. The molecule has 2 heterocycles. The van der Waals surface area contributed by atoms with Gasteiger partial charge in [0, 0.05) is 19.3 Å². The van der Waals surface area contributed by atoms with Gasteiger partial charge < -0.3 is 4.74 Å². The zero-order chi connectivity index (χ0) is 11.5. The smallest absolute Gasteiger partial charge is 0.0635 e. The lowest BCUT2D eigenvalue weighted by atomic mass is 9.95. The van der Waals surface area contributed by atoms with Crippen LogP contribution in [0.25, 0.3) is 0 Å². The van der Waals surface area contributed by atoms with E-state index in [1.807, 2.05) is 6.20 Å². The number of ether oxygens (including phenoxy) is 1. The van der Waals surface area contributed by atoms with Crippen LogP contribution in [0.3, 0.4) is 0 Å². The molecular formula is C12H19BrN2O. The maximum atomic E-state index is 5.39. The molecule has 0 atom stereocenters. The summed E-state index contributed by atoms with van der Waals surface area (Å²) in [5.41, 5.74) is 1.34. The van der Waals surface area contributed by atoms with E-state index in [2.05, 4.69) is 39.6 Å². The van der Waals surface area contributed by atoms with E-state index in [-0.39, 0.29) is 0 Å². The van der Waals surface area contributed by atoms with Crippen molar-refractivity contribution in [2.45, 2.75) is 39.2 Å². The van der Waals surface area contributed by atoms with Crippen LogP contribution in [-0.4, -0.2) is 23.0 Å². The predicted octanol–water partition coefficient (Wildman–Crippen LogP) is 3.20. The minimum atomic E-state index is 0.432. The van der Waals surface area contributed by atoms with E-state index in [9.17, 15) is 0 Å². The highest BCUT2D eigenvalue weighted by atomic mass is 79.9. The molecule has 0 amide bonds. The van der Waals surface area contributed by atoms with Crippen LogP contribution in [0.2, 0.25) is 0 Å². The summed E-state index contributed by atoms with van der Waals surface area (Å²) in [6.45, 7) is 6.18. The first-order valence-corrected chi connectivity index (χ1v) is 6.77. The Bertz CT molecular complexity index is 343. The number of hydrogen-bond acceptors (Lipinski definition) is 2. The van der Waals surface area contributed by atoms with Gasteiger partial charge in [0.15, 0.2) is 0 Å². The van der Waals surface area contributed by atoms with Crippen LogP contribution in [0.1, 0.15) is 38.4 Å². The van der Waals surface area contributed by atoms with Gasteiger partial charge in [0.25, 0.3) is 0 Å². The molecule has 1 fully saturated rings. The van der Waals surface area contributed by atoms with E-state index in [0.29, 0.717) is 6.04 Å². The lowest BCUT2D eigenvalue weighted by Crippen LogP contribution is -2.20. The van der Waals surface area contributed by atoms with Crippen LogP contribution in [0, 0.1) is 5.92 Å². The molecule has 1 aliphatic heterocycles. The van der Waals surface area contributed by atoms with Crippen molar-refractivity contribution in [3.8, 4) is 0 Å². The number of hydrogen-bond donors (Lipinski definition) is 0. The van der Waals surface area contributed by atoms with Crippen molar-refractivity contribution in [2.75, 3.05) is 13.2 Å². The van der Waals surface area contributed by atoms with E-state index in [1.165, 1.54) is 18.5 Å². The van der Waals surface area contributed by atoms with Crippen molar-refractivity contribution in [1.29, 1.82) is 0 Å². The third-order valence-corrected chi connectivity index (χ3v) is 3.82. The fourth-order valence-electron chi connectivity index (χ4n) is 2.23. The average molecular weight is 287 g/mol. The molecule has 1 aromatic heterocycles. The van der Waals surface area contributed by atoms with Crippen LogP contribution < -0.4 is 0 Å². The Hall–Kier alpha value is -0.350. The highest BCUT2D eigenvalue weighted by molar-refractivity contribution is 9.10. The zero-order valence-electron chi connectivity index (χ0n) is 9.95. The van der Waals surface area contributed by atoms with Gasteiger partial charge in [-0.25, -0.2) is 0 Å². The molecule has 90 valence electrons. The van der Waals surface area contributed by atoms with Crippen LogP contribution >= 0.6 is 15.9 Å². The van der Waals surface area contributed by atoms with Crippen molar-refractivity contribution in [2.24, 2.45) is 5.92 Å². The van der Waals surface area contributed by atoms with Gasteiger partial charge in [0.05, 0.1) is 16.4 Å². The summed E-state index contributed by atoms with van der Waals surface area (Å²) in [5.74, 6) is 0.749. The molecule has 0 bridgehead atoms. The van der Waals surface area contributed by atoms with E-state index in [0.717, 1.165) is 30.0 Å². The van der Waals surface area contributed by atoms with Gasteiger partial charge in [-0.2, -0.15) is 5.10 Å². The highest BCUT2D eigenvalue weighted by Crippen LogP contribution is 2.26. The molecule has 2 rings (SSSR count). The van der Waals surface area contributed by atoms with Gasteiger partial charge in [-0.15, -0.1) is 0 Å². The van der Waals surface area contributed by atoms with Gasteiger partial charge in [0.1, 0.15) is 0 Å². The minimum Gasteiger partial charge on any atom is -0.381 e. The van der Waals surface area contributed by atoms with Gasteiger partial charge >= 0.3 is 0 Å². The molecule has 1 aromatic rings. The van der Waals surface area contributed by atoms with Crippen LogP contribution in [-0.2, 0) is 11.2 Å². The van der Waals surface area contributed by atoms with Gasteiger partial charge in [0.2, 0.25) is 0 Å². The molecule has 0 aromatic carbocycles. The fraction of sp³-hybridized carbons (Fsp3) is 0.750. The molecule has 0 saturated carbocycles. The first-order valence-electron chi connectivity index (χ1n) is 5.98. The minimum absolute atomic E-state index is 0.432. The molecular weight excluding hydrogens is 268 g/mol. The average Bonchev–Trinajstić information content (AvgIpc) is 2.62. The summed E-state index contributed by atoms with van der Waals surface area (Å²) in [6, 6.07) is 0.432. The van der Waals surface area contributed by atoms with E-state index in [1.54, 1.807) is 0 Å². The molecule has 0 aliphatic carbocycles. The van der Waals surface area contributed by atoms with Gasteiger partial charge in [-0.05, 0) is 55.0 Å². The van der Waals surface area contributed by atoms with Gasteiger partial charge in [-0.3, -0.25) is 4.68 Å². The largest absolute Gasteiger partial charge is 0.381 e. The lowest BCUT2D eigenvalue weighted by Gasteiger charge is -2.23. The Labute approximate surface area is 105 Å². The third kappa shape index (κ3) is 2.66. The first-order chi connectivity index (χ1) is 7.68. The number of rotatable bonds is 3. The molecule has 0 unspecified atom stereocenters. The van der Waals surface area contributed by atoms with Crippen LogP contribution in [0.15, 0.2) is 10.7 Å². The summed E-state index contributed by atoms with van der Waals surface area (Å²) in [7, 11) is 0. The molecule has 0 spiro atoms. The summed E-state index contributed by atoms with van der Waals surface area (Å²) >= 11 is 3.60. The summed E-state index contributed by atoms with van der Waals surface area (Å²) in [4.78, 5) is 0. The number of nitrogens with zero attached hydrogens (tertiary/aromatic N) is 2. The SMILES string of the molecule is CC(C)n1ncc(Br)c1CC1CCOCC1. The Morgan fingerprint density at radius 1 is 1.50 bits per heavy atom. The summed E-state index contributed by atoms with van der Waals surface area (Å²) in [6.07, 6.45) is 5.38. The van der Waals surface area contributed by atoms with E-state index in [4.69, 9.17) is 4.74 Å². The van der Waals surface area contributed by atoms with Crippen LogP contribution in [0.5, 0.6) is 0 Å². The van der Waals surface area contributed by atoms with Crippen molar-refractivity contribution in [1.82, 2.24) is 9.78 Å². The number of aromatic nitrogens is 2. The predicted molar refractivity (Wildman–Crippen MR) is 67.6 cm³/mol. The maximum absolute atomic E-state index is 5.39. The zero-order valence-corrected chi connectivity index (χ0v) is 11.5. The molecule has 1 saturated heterocycles. The standard InChI is InChI=1S/C12H19BrN2O/c1-9(2)15-12(11(13)8-14-15)7-10-3-5-16-6-4-10/h8-10H,3-7H2,1-2H3. The first kappa shape index (κ1) is 12.1. The Morgan fingerprint density at radius 2 is 2.19 bits per heavy atom. The number of halogens is 1. The normalized spacial score (nSPS) is 18.2. The van der Waals surface area contributed by atoms with E-state index < -0.39 is 0 Å². The molecule has 0 N–H and O–H groups in total. The Morgan fingerprint density at radius 3 is 2.81 bits per heavy atom. The van der Waals surface area contributed by atoms with Crippen molar-refractivity contribution in [3.63, 3.8) is 0 Å². The maximum Gasteiger partial charge on any atom is 0.0635 e. The van der Waals surface area contributed by atoms with Crippen molar-refractivity contribution < 1.29 is 4.74 Å². The van der Waals surface area contributed by atoms with Crippen LogP contribution in [0.4, 0.5) is 0 Å². The highest BCUT2D eigenvalue weighted by Gasteiger charge is 2.19. The summed E-state index contributed by atoms with van der Waals surface area (Å²) in [5, 5.41) is 4.42. The molecule has 3 nitrogen and oxygen atoms in total. The quantitative estimate of drug-likeness (QED) is 0.853. The topological polar surface area (TPSA) is 27.1 Å². The lowest BCUT2D eigenvalue weighted by molar-refractivity contribution is 0.0658. The monoisotopic (exact) mass is 286 g/mol. The van der Waals surface area contributed by atoms with E-state index >= 15 is 0 Å². The third-order valence-electron chi connectivity index (χ3n) is 3.16. The summed E-state index contributed by atoms with van der Waals surface area (Å²) < 4.78 is 8.66. The second-order valence-corrected chi connectivity index (χ2v) is 5.59. The Kier molecular flexibility index (Phi) is 4.03. The van der Waals surface area contributed by atoms with Crippen molar-refractivity contribution >= 4 is 15.9 Å². The Balaban J connectivity index is 2.09. The molecule has 4 heteroatoms. The fourth-order valence-corrected chi connectivity index (χ4v) is 2.66. The van der Waals surface area contributed by atoms with Crippen molar-refractivity contribution in [3.05, 3.63) is 16.4 Å². The molecule has 0 radical (unpaired) electrons. The molecule has 1 aliphatic rings. The second kappa shape index (κ2) is 5.32.